The molecule has 0 saturated carbocycles. The fourth-order valence-electron chi connectivity index (χ4n) is 2.05. The molecule has 2 aliphatic heterocycles. The largest absolute Gasteiger partial charge is 0.204 e. The molecule has 1 aromatic carbocycles. The van der Waals surface area contributed by atoms with E-state index in [0.29, 0.717) is 19.6 Å². The Hall–Kier alpha value is 1.36. The zero-order valence-corrected chi connectivity index (χ0v) is 19.6. The standard InChI is InChI=1S/C14H12F2S8/c1-17-11(18-2)13-21-7-5(15)9-10(6(16)8(7)22-13)24-14(23-9)12(19-3)20-4/h1-4H3. The van der Waals surface area contributed by atoms with E-state index >= 15 is 8.78 Å². The summed E-state index contributed by atoms with van der Waals surface area (Å²) in [7, 11) is 0. The molecular formula is C14H12F2S8. The Morgan fingerprint density at radius 2 is 0.833 bits per heavy atom. The van der Waals surface area contributed by atoms with Gasteiger partial charge in [0.15, 0.2) is 11.6 Å². The Balaban J connectivity index is 2.07. The maximum Gasteiger partial charge on any atom is 0.153 e. The Kier molecular flexibility index (Phi) is 7.19. The van der Waals surface area contributed by atoms with Crippen LogP contribution in [-0.2, 0) is 0 Å². The lowest BCUT2D eigenvalue weighted by molar-refractivity contribution is 0.504. The van der Waals surface area contributed by atoms with Crippen molar-refractivity contribution in [2.75, 3.05) is 25.0 Å². The Morgan fingerprint density at radius 3 is 1.04 bits per heavy atom. The minimum Gasteiger partial charge on any atom is -0.204 e. The molecule has 0 aliphatic carbocycles. The van der Waals surface area contributed by atoms with Gasteiger partial charge >= 0.3 is 0 Å². The first-order chi connectivity index (χ1) is 11.5. The predicted molar refractivity (Wildman–Crippen MR) is 118 cm³/mol. The van der Waals surface area contributed by atoms with Crippen molar-refractivity contribution in [2.45, 2.75) is 19.6 Å². The summed E-state index contributed by atoms with van der Waals surface area (Å²) in [6.07, 6.45) is 7.96. The maximum atomic E-state index is 15.0. The first-order valence-electron chi connectivity index (χ1n) is 6.46. The van der Waals surface area contributed by atoms with Gasteiger partial charge in [0.1, 0.15) is 0 Å². The molecule has 0 N–H and O–H groups in total. The lowest BCUT2D eigenvalue weighted by Gasteiger charge is -2.05. The van der Waals surface area contributed by atoms with Gasteiger partial charge in [0.05, 0.1) is 36.5 Å². The summed E-state index contributed by atoms with van der Waals surface area (Å²) in [5, 5.41) is 0. The predicted octanol–water partition coefficient (Wildman–Crippen LogP) is 8.07. The third-order valence-corrected chi connectivity index (χ3v) is 13.6. The normalized spacial score (nSPS) is 15.8. The minimum atomic E-state index is -0.274. The van der Waals surface area contributed by atoms with E-state index in [1.165, 1.54) is 47.0 Å². The lowest BCUT2D eigenvalue weighted by atomic mass is 10.3. The van der Waals surface area contributed by atoms with Crippen molar-refractivity contribution in [2.24, 2.45) is 0 Å². The van der Waals surface area contributed by atoms with E-state index in [1.54, 1.807) is 47.0 Å². The summed E-state index contributed by atoms with van der Waals surface area (Å²) in [6.45, 7) is 0. The Labute approximate surface area is 174 Å². The van der Waals surface area contributed by atoms with Gasteiger partial charge in [-0.25, -0.2) is 8.78 Å². The molecule has 24 heavy (non-hydrogen) atoms. The Bertz CT molecular complexity index is 640. The van der Waals surface area contributed by atoms with Crippen molar-refractivity contribution in [3.8, 4) is 0 Å². The fraction of sp³-hybridized carbons (Fsp3) is 0.286. The molecule has 0 atom stereocenters. The molecule has 2 aliphatic rings. The molecule has 0 spiro atoms. The van der Waals surface area contributed by atoms with Crippen molar-refractivity contribution < 1.29 is 8.78 Å². The molecule has 1 aromatic rings. The molecule has 0 saturated heterocycles. The van der Waals surface area contributed by atoms with E-state index < -0.39 is 0 Å². The second-order valence-electron chi connectivity index (χ2n) is 4.32. The number of halogens is 2. The smallest absolute Gasteiger partial charge is 0.153 e. The zero-order chi connectivity index (χ0) is 17.4. The number of rotatable bonds is 4. The third-order valence-electron chi connectivity index (χ3n) is 3.06. The third kappa shape index (κ3) is 3.55. The molecule has 0 fully saturated rings. The average Bonchev–Trinajstić information content (AvgIpc) is 3.21. The van der Waals surface area contributed by atoms with Gasteiger partial charge in [-0.1, -0.05) is 47.0 Å². The van der Waals surface area contributed by atoms with Gasteiger partial charge in [-0.05, 0) is 25.0 Å². The highest BCUT2D eigenvalue weighted by atomic mass is 32.2. The van der Waals surface area contributed by atoms with Gasteiger partial charge in [0.2, 0.25) is 0 Å². The van der Waals surface area contributed by atoms with Gasteiger partial charge in [0.25, 0.3) is 0 Å². The van der Waals surface area contributed by atoms with Gasteiger partial charge in [0, 0.05) is 0 Å². The second kappa shape index (κ2) is 8.58. The molecule has 10 heteroatoms. The average molecular weight is 475 g/mol. The van der Waals surface area contributed by atoms with Crippen LogP contribution in [0.25, 0.3) is 0 Å². The topological polar surface area (TPSA) is 0 Å². The number of hydrogen-bond acceptors (Lipinski definition) is 8. The fourth-order valence-corrected chi connectivity index (χ4v) is 11.6. The van der Waals surface area contributed by atoms with E-state index in [2.05, 4.69) is 0 Å². The van der Waals surface area contributed by atoms with Crippen LogP contribution in [0.5, 0.6) is 0 Å². The van der Waals surface area contributed by atoms with E-state index in [0.717, 1.165) is 16.9 Å². The Morgan fingerprint density at radius 1 is 0.583 bits per heavy atom. The maximum absolute atomic E-state index is 15.0. The van der Waals surface area contributed by atoms with Crippen LogP contribution in [-0.4, -0.2) is 25.0 Å². The van der Waals surface area contributed by atoms with Crippen LogP contribution in [0.2, 0.25) is 0 Å². The van der Waals surface area contributed by atoms with E-state index in [-0.39, 0.29) is 11.6 Å². The highest BCUT2D eigenvalue weighted by Crippen LogP contribution is 2.64. The molecule has 130 valence electrons. The number of benzene rings is 1. The van der Waals surface area contributed by atoms with Crippen molar-refractivity contribution in [1.29, 1.82) is 0 Å². The second-order valence-corrected chi connectivity index (χ2v) is 12.7. The zero-order valence-electron chi connectivity index (χ0n) is 13.0. The molecule has 0 bridgehead atoms. The summed E-state index contributed by atoms with van der Waals surface area (Å²) in [6, 6.07) is 0. The first kappa shape index (κ1) is 20.1. The van der Waals surface area contributed by atoms with E-state index in [9.17, 15) is 0 Å². The van der Waals surface area contributed by atoms with Crippen LogP contribution in [0.15, 0.2) is 36.5 Å². The number of thioether (sulfide) groups is 8. The molecular weight excluding hydrogens is 463 g/mol. The van der Waals surface area contributed by atoms with Crippen molar-refractivity contribution >= 4 is 94.1 Å². The van der Waals surface area contributed by atoms with Crippen LogP contribution in [0.3, 0.4) is 0 Å². The van der Waals surface area contributed by atoms with E-state index in [4.69, 9.17) is 0 Å². The van der Waals surface area contributed by atoms with Gasteiger partial charge < -0.3 is 0 Å². The van der Waals surface area contributed by atoms with Gasteiger partial charge in [-0.15, -0.1) is 47.0 Å². The molecule has 0 nitrogen and oxygen atoms in total. The van der Waals surface area contributed by atoms with Crippen molar-refractivity contribution in [3.63, 3.8) is 0 Å². The molecule has 0 unspecified atom stereocenters. The monoisotopic (exact) mass is 474 g/mol. The SMILES string of the molecule is CSC(SC)=C1Sc2c(F)c3c(c(F)c2S1)SC(=C(SC)SC)S3. The minimum absolute atomic E-state index is 0.274. The molecule has 0 radical (unpaired) electrons. The van der Waals surface area contributed by atoms with Crippen LogP contribution >= 0.6 is 94.1 Å². The summed E-state index contributed by atoms with van der Waals surface area (Å²) in [5.74, 6) is -0.547. The van der Waals surface area contributed by atoms with Gasteiger partial charge in [-0.3, -0.25) is 0 Å². The summed E-state index contributed by atoms with van der Waals surface area (Å²) < 4.78 is 34.2. The summed E-state index contributed by atoms with van der Waals surface area (Å²) >= 11 is 11.9. The summed E-state index contributed by atoms with van der Waals surface area (Å²) in [5.41, 5.74) is 0. The van der Waals surface area contributed by atoms with Crippen LogP contribution in [0.1, 0.15) is 0 Å². The highest BCUT2D eigenvalue weighted by molar-refractivity contribution is 8.30. The van der Waals surface area contributed by atoms with Crippen LogP contribution in [0, 0.1) is 11.6 Å². The summed E-state index contributed by atoms with van der Waals surface area (Å²) in [4.78, 5) is 1.76. The van der Waals surface area contributed by atoms with Crippen LogP contribution < -0.4 is 0 Å². The van der Waals surface area contributed by atoms with Gasteiger partial charge in [-0.2, -0.15) is 0 Å². The van der Waals surface area contributed by atoms with Crippen LogP contribution in [0.4, 0.5) is 8.78 Å². The van der Waals surface area contributed by atoms with Crippen molar-refractivity contribution in [1.82, 2.24) is 0 Å². The first-order valence-corrected chi connectivity index (χ1v) is 14.6. The van der Waals surface area contributed by atoms with E-state index in [1.807, 2.05) is 25.0 Å². The quantitative estimate of drug-likeness (QED) is 0.424. The molecule has 0 aromatic heterocycles. The lowest BCUT2D eigenvalue weighted by Crippen LogP contribution is -1.91. The highest BCUT2D eigenvalue weighted by Gasteiger charge is 2.36. The molecule has 2 heterocycles. The number of fused-ring (bicyclic) bond motifs is 2. The number of hydrogen-bond donors (Lipinski definition) is 0. The van der Waals surface area contributed by atoms with Crippen molar-refractivity contribution in [3.05, 3.63) is 28.6 Å². The molecule has 0 amide bonds. The molecule has 3 rings (SSSR count).